The Hall–Kier alpha value is -0.690. The molecule has 1 fully saturated rings. The van der Waals surface area contributed by atoms with Crippen LogP contribution in [0.3, 0.4) is 0 Å². The van der Waals surface area contributed by atoms with Crippen molar-refractivity contribution in [2.45, 2.75) is 31.3 Å². The van der Waals surface area contributed by atoms with E-state index in [-0.39, 0.29) is 12.5 Å². The molecule has 5 N–H and O–H groups in total. The lowest BCUT2D eigenvalue weighted by atomic mass is 10.0. The molecule has 0 aliphatic carbocycles. The summed E-state index contributed by atoms with van der Waals surface area (Å²) in [4.78, 5) is 10.8. The second-order valence-electron chi connectivity index (χ2n) is 3.51. The minimum absolute atomic E-state index is 0.203. The van der Waals surface area contributed by atoms with Crippen LogP contribution in [0.4, 0.5) is 0 Å². The van der Waals surface area contributed by atoms with Crippen molar-refractivity contribution >= 4 is 5.91 Å². The summed E-state index contributed by atoms with van der Waals surface area (Å²) in [5.74, 6) is -0.278. The lowest BCUT2D eigenvalue weighted by Crippen LogP contribution is -2.51. The molecule has 1 heterocycles. The molecule has 0 saturated carbocycles. The summed E-state index contributed by atoms with van der Waals surface area (Å²) in [7, 11) is 0. The second-order valence-corrected chi connectivity index (χ2v) is 3.51. The van der Waals surface area contributed by atoms with E-state index in [1.807, 2.05) is 0 Å². The van der Waals surface area contributed by atoms with Crippen molar-refractivity contribution in [2.24, 2.45) is 0 Å². The molecule has 1 rings (SSSR count). The maximum absolute atomic E-state index is 10.8. The van der Waals surface area contributed by atoms with Gasteiger partial charge in [0.15, 0.2) is 0 Å². The predicted molar refractivity (Wildman–Crippen MR) is 48.5 cm³/mol. The summed E-state index contributed by atoms with van der Waals surface area (Å²) in [6, 6.07) is -0.570. The van der Waals surface area contributed by atoms with Crippen LogP contribution in [0.2, 0.25) is 0 Å². The fourth-order valence-electron chi connectivity index (χ4n) is 1.49. The molecule has 1 amide bonds. The first kappa shape index (κ1) is 11.4. The first-order valence-corrected chi connectivity index (χ1v) is 4.54. The summed E-state index contributed by atoms with van der Waals surface area (Å²) in [6.07, 6.45) is -3.39. The highest BCUT2D eigenvalue weighted by atomic mass is 16.4. The number of carbonyl (C=O) groups is 1. The van der Waals surface area contributed by atoms with E-state index >= 15 is 0 Å². The molecule has 6 heteroatoms. The maximum Gasteiger partial charge on any atom is 0.217 e. The summed E-state index contributed by atoms with van der Waals surface area (Å²) in [5, 5.41) is 33.6. The van der Waals surface area contributed by atoms with Crippen molar-refractivity contribution in [3.8, 4) is 0 Å². The van der Waals surface area contributed by atoms with Crippen LogP contribution in [-0.2, 0) is 4.79 Å². The van der Waals surface area contributed by atoms with Crippen LogP contribution in [0.1, 0.15) is 6.92 Å². The Morgan fingerprint density at radius 1 is 1.29 bits per heavy atom. The number of β-amino-alcohol motifs (C(OH)–C–C–N with tert-alkyl or cyclic N) is 1. The van der Waals surface area contributed by atoms with Gasteiger partial charge in [-0.1, -0.05) is 0 Å². The fraction of sp³-hybridized carbons (Fsp3) is 0.875. The fourth-order valence-corrected chi connectivity index (χ4v) is 1.49. The molecule has 0 radical (unpaired) electrons. The van der Waals surface area contributed by atoms with E-state index in [9.17, 15) is 20.1 Å². The normalized spacial score (nSPS) is 38.9. The highest BCUT2D eigenvalue weighted by molar-refractivity contribution is 5.73. The van der Waals surface area contributed by atoms with Crippen LogP contribution in [0.15, 0.2) is 0 Å². The smallest absolute Gasteiger partial charge is 0.217 e. The Bertz CT molecular complexity index is 212. The largest absolute Gasteiger partial charge is 0.389 e. The Kier molecular flexibility index (Phi) is 3.82. The van der Waals surface area contributed by atoms with Crippen molar-refractivity contribution in [3.05, 3.63) is 0 Å². The first-order valence-electron chi connectivity index (χ1n) is 4.54. The highest BCUT2D eigenvalue weighted by Gasteiger charge is 2.34. The van der Waals surface area contributed by atoms with Gasteiger partial charge in [-0.15, -0.1) is 0 Å². The van der Waals surface area contributed by atoms with Crippen LogP contribution < -0.4 is 10.6 Å². The van der Waals surface area contributed by atoms with Crippen LogP contribution >= 0.6 is 0 Å². The number of aliphatic hydroxyl groups is 3. The molecule has 1 saturated heterocycles. The predicted octanol–water partition coefficient (Wildman–Crippen LogP) is -2.82. The number of hydrogen-bond donors (Lipinski definition) is 5. The average molecular weight is 204 g/mol. The summed E-state index contributed by atoms with van der Waals surface area (Å²) >= 11 is 0. The van der Waals surface area contributed by atoms with E-state index in [0.717, 1.165) is 0 Å². The van der Waals surface area contributed by atoms with Gasteiger partial charge in [0.2, 0.25) is 5.91 Å². The third-order valence-corrected chi connectivity index (χ3v) is 2.26. The molecule has 6 nitrogen and oxygen atoms in total. The van der Waals surface area contributed by atoms with Gasteiger partial charge in [0, 0.05) is 20.0 Å². The Labute approximate surface area is 81.9 Å². The van der Waals surface area contributed by atoms with Crippen LogP contribution in [0.25, 0.3) is 0 Å². The molecule has 0 aromatic rings. The van der Waals surface area contributed by atoms with Gasteiger partial charge < -0.3 is 26.0 Å². The lowest BCUT2D eigenvalue weighted by Gasteiger charge is -2.25. The highest BCUT2D eigenvalue weighted by Crippen LogP contribution is 2.07. The zero-order valence-electron chi connectivity index (χ0n) is 7.97. The first-order chi connectivity index (χ1) is 6.52. The Morgan fingerprint density at radius 2 is 1.93 bits per heavy atom. The minimum atomic E-state index is -1.23. The van der Waals surface area contributed by atoms with Crippen molar-refractivity contribution in [1.82, 2.24) is 10.6 Å². The monoisotopic (exact) mass is 204 g/mol. The molecule has 0 bridgehead atoms. The summed E-state index contributed by atoms with van der Waals surface area (Å²) < 4.78 is 0. The molecule has 0 spiro atoms. The number of hydrogen-bond acceptors (Lipinski definition) is 5. The van der Waals surface area contributed by atoms with Crippen molar-refractivity contribution < 1.29 is 20.1 Å². The van der Waals surface area contributed by atoms with Gasteiger partial charge in [-0.2, -0.15) is 0 Å². The standard InChI is InChI=1S/C8H16N2O4/c1-4(11)10-5-2-9-3-6(12)8(14)7(5)13/h5-9,12-14H,2-3H2,1H3,(H,10,11)/t5-,6-,7+,8+/m0/s1. The van der Waals surface area contributed by atoms with E-state index < -0.39 is 24.4 Å². The number of carbonyl (C=O) groups excluding carboxylic acids is 1. The van der Waals surface area contributed by atoms with E-state index in [1.165, 1.54) is 6.92 Å². The molecule has 82 valence electrons. The molecular formula is C8H16N2O4. The molecule has 1 aliphatic heterocycles. The zero-order chi connectivity index (χ0) is 10.7. The van der Waals surface area contributed by atoms with Gasteiger partial charge in [-0.3, -0.25) is 4.79 Å². The number of aliphatic hydroxyl groups excluding tert-OH is 3. The third-order valence-electron chi connectivity index (χ3n) is 2.26. The third kappa shape index (κ3) is 2.65. The maximum atomic E-state index is 10.8. The molecule has 4 atom stereocenters. The van der Waals surface area contributed by atoms with Gasteiger partial charge in [0.05, 0.1) is 12.1 Å². The molecule has 14 heavy (non-hydrogen) atoms. The van der Waals surface area contributed by atoms with Gasteiger partial charge >= 0.3 is 0 Å². The number of amides is 1. The van der Waals surface area contributed by atoms with Crippen molar-refractivity contribution in [2.75, 3.05) is 13.1 Å². The summed E-state index contributed by atoms with van der Waals surface area (Å²) in [6.45, 7) is 1.86. The molecular weight excluding hydrogens is 188 g/mol. The second kappa shape index (κ2) is 4.70. The quantitative estimate of drug-likeness (QED) is 0.317. The summed E-state index contributed by atoms with van der Waals surface area (Å²) in [5.41, 5.74) is 0. The average Bonchev–Trinajstić information content (AvgIpc) is 2.21. The lowest BCUT2D eigenvalue weighted by molar-refractivity contribution is -0.121. The van der Waals surface area contributed by atoms with E-state index in [2.05, 4.69) is 10.6 Å². The van der Waals surface area contributed by atoms with Gasteiger partial charge in [-0.25, -0.2) is 0 Å². The van der Waals surface area contributed by atoms with E-state index in [4.69, 9.17) is 0 Å². The SMILES string of the molecule is CC(=O)N[C@H]1CNC[C@H](O)[C@@H](O)[C@@H]1O. The number of nitrogens with one attached hydrogen (secondary N) is 2. The Balaban J connectivity index is 2.62. The topological polar surface area (TPSA) is 102 Å². The van der Waals surface area contributed by atoms with Gasteiger partial charge in [0.25, 0.3) is 0 Å². The molecule has 0 unspecified atom stereocenters. The minimum Gasteiger partial charge on any atom is -0.389 e. The Morgan fingerprint density at radius 3 is 2.50 bits per heavy atom. The molecule has 0 aromatic carbocycles. The van der Waals surface area contributed by atoms with Crippen LogP contribution in [-0.4, -0.2) is 58.7 Å². The molecule has 1 aliphatic rings. The van der Waals surface area contributed by atoms with Gasteiger partial charge in [0.1, 0.15) is 12.2 Å². The van der Waals surface area contributed by atoms with E-state index in [1.54, 1.807) is 0 Å². The molecule has 0 aromatic heterocycles. The van der Waals surface area contributed by atoms with E-state index in [0.29, 0.717) is 6.54 Å². The number of rotatable bonds is 1. The zero-order valence-corrected chi connectivity index (χ0v) is 7.97. The van der Waals surface area contributed by atoms with Crippen LogP contribution in [0, 0.1) is 0 Å². The van der Waals surface area contributed by atoms with Crippen molar-refractivity contribution in [3.63, 3.8) is 0 Å². The van der Waals surface area contributed by atoms with Gasteiger partial charge in [-0.05, 0) is 0 Å². The van der Waals surface area contributed by atoms with Crippen LogP contribution in [0.5, 0.6) is 0 Å². The van der Waals surface area contributed by atoms with Crippen molar-refractivity contribution in [1.29, 1.82) is 0 Å².